The zero-order chi connectivity index (χ0) is 20.2. The predicted molar refractivity (Wildman–Crippen MR) is 103 cm³/mol. The monoisotopic (exact) mass is 392 g/mol. The molecule has 7 heteroatoms. The second-order valence-corrected chi connectivity index (χ2v) is 6.37. The van der Waals surface area contributed by atoms with Gasteiger partial charge in [0, 0.05) is 11.1 Å². The first-order valence-corrected chi connectivity index (χ1v) is 8.95. The zero-order valence-corrected chi connectivity index (χ0v) is 15.2. The summed E-state index contributed by atoms with van der Waals surface area (Å²) in [6.07, 6.45) is 0. The third kappa shape index (κ3) is 3.89. The van der Waals surface area contributed by atoms with Gasteiger partial charge >= 0.3 is 0 Å². The maximum atomic E-state index is 13.5. The van der Waals surface area contributed by atoms with Gasteiger partial charge in [-0.2, -0.15) is 0 Å². The SMILES string of the molecule is O=C(COc1ccccc1F)NNC(=O)C1c2ccccc2Oc2ccccc21. The summed E-state index contributed by atoms with van der Waals surface area (Å²) in [5.41, 5.74) is 6.11. The topological polar surface area (TPSA) is 76.7 Å². The highest BCUT2D eigenvalue weighted by Crippen LogP contribution is 2.43. The molecule has 1 aliphatic heterocycles. The first kappa shape index (κ1) is 18.5. The lowest BCUT2D eigenvalue weighted by molar-refractivity contribution is -0.130. The number of ether oxygens (including phenoxy) is 2. The van der Waals surface area contributed by atoms with Crippen LogP contribution in [0, 0.1) is 5.82 Å². The molecule has 2 N–H and O–H groups in total. The maximum Gasteiger partial charge on any atom is 0.276 e. The summed E-state index contributed by atoms with van der Waals surface area (Å²) in [5, 5.41) is 0. The molecule has 2 amide bonds. The molecule has 0 unspecified atom stereocenters. The lowest BCUT2D eigenvalue weighted by Crippen LogP contribution is -2.46. The smallest absolute Gasteiger partial charge is 0.276 e. The van der Waals surface area contributed by atoms with E-state index in [0.717, 1.165) is 0 Å². The summed E-state index contributed by atoms with van der Waals surface area (Å²) in [6.45, 7) is -0.442. The van der Waals surface area contributed by atoms with E-state index >= 15 is 0 Å². The summed E-state index contributed by atoms with van der Waals surface area (Å²) in [5.74, 6) is -1.13. The Balaban J connectivity index is 1.44. The quantitative estimate of drug-likeness (QED) is 0.668. The van der Waals surface area contributed by atoms with Crippen molar-refractivity contribution in [3.05, 3.63) is 89.7 Å². The number of carbonyl (C=O) groups excluding carboxylic acids is 2. The predicted octanol–water partition coefficient (Wildman–Crippen LogP) is 3.29. The highest BCUT2D eigenvalue weighted by molar-refractivity contribution is 5.91. The summed E-state index contributed by atoms with van der Waals surface area (Å²) in [6, 6.07) is 20.2. The number of para-hydroxylation sites is 3. The highest BCUT2D eigenvalue weighted by Gasteiger charge is 2.32. The van der Waals surface area contributed by atoms with Gasteiger partial charge in [0.05, 0.1) is 5.92 Å². The van der Waals surface area contributed by atoms with E-state index in [4.69, 9.17) is 9.47 Å². The van der Waals surface area contributed by atoms with Crippen LogP contribution in [0.2, 0.25) is 0 Å². The van der Waals surface area contributed by atoms with Crippen LogP contribution >= 0.6 is 0 Å². The van der Waals surface area contributed by atoms with Crippen molar-refractivity contribution >= 4 is 11.8 Å². The summed E-state index contributed by atoms with van der Waals surface area (Å²) in [4.78, 5) is 24.9. The Morgan fingerprint density at radius 1 is 0.862 bits per heavy atom. The number of carbonyl (C=O) groups is 2. The number of fused-ring (bicyclic) bond motifs is 2. The molecule has 0 aliphatic carbocycles. The number of benzene rings is 3. The Hall–Kier alpha value is -3.87. The fourth-order valence-corrected chi connectivity index (χ4v) is 3.14. The van der Waals surface area contributed by atoms with Crippen molar-refractivity contribution in [2.24, 2.45) is 0 Å². The molecule has 3 aromatic carbocycles. The number of rotatable bonds is 4. The second-order valence-electron chi connectivity index (χ2n) is 6.37. The molecule has 1 aliphatic rings. The van der Waals surface area contributed by atoms with Crippen molar-refractivity contribution in [3.63, 3.8) is 0 Å². The van der Waals surface area contributed by atoms with E-state index in [2.05, 4.69) is 10.9 Å². The van der Waals surface area contributed by atoms with Crippen LogP contribution < -0.4 is 20.3 Å². The maximum absolute atomic E-state index is 13.5. The molecule has 0 bridgehead atoms. The van der Waals surface area contributed by atoms with Crippen molar-refractivity contribution in [1.82, 2.24) is 10.9 Å². The molecule has 4 rings (SSSR count). The Labute approximate surface area is 166 Å². The van der Waals surface area contributed by atoms with Crippen molar-refractivity contribution in [1.29, 1.82) is 0 Å². The molecule has 146 valence electrons. The Morgan fingerprint density at radius 3 is 2.10 bits per heavy atom. The van der Waals surface area contributed by atoms with Crippen LogP contribution in [0.25, 0.3) is 0 Å². The van der Waals surface area contributed by atoms with Crippen LogP contribution in [0.3, 0.4) is 0 Å². The van der Waals surface area contributed by atoms with Gasteiger partial charge in [0.25, 0.3) is 11.8 Å². The fourth-order valence-electron chi connectivity index (χ4n) is 3.14. The van der Waals surface area contributed by atoms with Crippen LogP contribution in [0.4, 0.5) is 4.39 Å². The van der Waals surface area contributed by atoms with Gasteiger partial charge in [-0.3, -0.25) is 20.4 Å². The average Bonchev–Trinajstić information content (AvgIpc) is 2.75. The molecule has 0 aromatic heterocycles. The van der Waals surface area contributed by atoms with Crippen molar-refractivity contribution < 1.29 is 23.5 Å². The van der Waals surface area contributed by atoms with Crippen LogP contribution in [0.1, 0.15) is 17.0 Å². The van der Waals surface area contributed by atoms with Crippen molar-refractivity contribution in [2.75, 3.05) is 6.61 Å². The van der Waals surface area contributed by atoms with E-state index < -0.39 is 30.2 Å². The summed E-state index contributed by atoms with van der Waals surface area (Å²) in [7, 11) is 0. The van der Waals surface area contributed by atoms with Gasteiger partial charge in [-0.15, -0.1) is 0 Å². The van der Waals surface area contributed by atoms with Crippen molar-refractivity contribution in [3.8, 4) is 17.2 Å². The first-order valence-electron chi connectivity index (χ1n) is 8.95. The summed E-state index contributed by atoms with van der Waals surface area (Å²) < 4.78 is 24.5. The van der Waals surface area contributed by atoms with Crippen LogP contribution in [0.15, 0.2) is 72.8 Å². The molecule has 0 fully saturated rings. The minimum Gasteiger partial charge on any atom is -0.481 e. The van der Waals surface area contributed by atoms with Crippen LogP contribution in [-0.4, -0.2) is 18.4 Å². The summed E-state index contributed by atoms with van der Waals surface area (Å²) >= 11 is 0. The molecule has 0 saturated heterocycles. The molecular weight excluding hydrogens is 375 g/mol. The number of halogens is 1. The molecule has 1 heterocycles. The normalized spacial score (nSPS) is 12.2. The van der Waals surface area contributed by atoms with Crippen molar-refractivity contribution in [2.45, 2.75) is 5.92 Å². The first-order chi connectivity index (χ1) is 14.1. The molecule has 0 saturated carbocycles. The molecule has 29 heavy (non-hydrogen) atoms. The minimum absolute atomic E-state index is 0.0405. The van der Waals surface area contributed by atoms with E-state index in [1.165, 1.54) is 18.2 Å². The standard InChI is InChI=1S/C22H17FN2O4/c23-16-9-3-6-12-19(16)28-13-20(26)24-25-22(27)21-14-7-1-4-10-17(14)29-18-11-5-2-8-15(18)21/h1-12,21H,13H2,(H,24,26)(H,25,27). The Morgan fingerprint density at radius 2 is 1.45 bits per heavy atom. The Kier molecular flexibility index (Phi) is 5.11. The van der Waals surface area contributed by atoms with E-state index in [1.54, 1.807) is 30.3 Å². The second kappa shape index (κ2) is 8.02. The molecule has 6 nitrogen and oxygen atoms in total. The number of hydrazine groups is 1. The fraction of sp³-hybridized carbons (Fsp3) is 0.0909. The molecular formula is C22H17FN2O4. The van der Waals surface area contributed by atoms with Gasteiger partial charge in [0.15, 0.2) is 18.2 Å². The molecule has 0 atom stereocenters. The number of nitrogens with one attached hydrogen (secondary N) is 2. The molecule has 0 radical (unpaired) electrons. The van der Waals surface area contributed by atoms with Gasteiger partial charge in [-0.25, -0.2) is 4.39 Å². The number of hydrogen-bond acceptors (Lipinski definition) is 4. The minimum atomic E-state index is -0.649. The third-order valence-corrected chi connectivity index (χ3v) is 4.46. The largest absolute Gasteiger partial charge is 0.481 e. The van der Waals surface area contributed by atoms with Gasteiger partial charge < -0.3 is 9.47 Å². The van der Waals surface area contributed by atoms with E-state index in [9.17, 15) is 14.0 Å². The van der Waals surface area contributed by atoms with Gasteiger partial charge in [0.2, 0.25) is 0 Å². The van der Waals surface area contributed by atoms with Crippen LogP contribution in [0.5, 0.6) is 17.2 Å². The van der Waals surface area contributed by atoms with Gasteiger partial charge in [-0.05, 0) is 24.3 Å². The molecule has 3 aromatic rings. The Bertz CT molecular complexity index is 1020. The average molecular weight is 392 g/mol. The van der Waals surface area contributed by atoms with Gasteiger partial charge in [0.1, 0.15) is 11.5 Å². The van der Waals surface area contributed by atoms with Crippen LogP contribution in [-0.2, 0) is 9.59 Å². The van der Waals surface area contributed by atoms with E-state index in [-0.39, 0.29) is 5.75 Å². The number of hydrogen-bond donors (Lipinski definition) is 2. The highest BCUT2D eigenvalue weighted by atomic mass is 19.1. The van der Waals surface area contributed by atoms with E-state index in [1.807, 2.05) is 24.3 Å². The van der Waals surface area contributed by atoms with Gasteiger partial charge in [-0.1, -0.05) is 48.5 Å². The lowest BCUT2D eigenvalue weighted by atomic mass is 9.87. The van der Waals surface area contributed by atoms with E-state index in [0.29, 0.717) is 22.6 Å². The number of amides is 2. The molecule has 0 spiro atoms. The third-order valence-electron chi connectivity index (χ3n) is 4.46. The zero-order valence-electron chi connectivity index (χ0n) is 15.2. The lowest BCUT2D eigenvalue weighted by Gasteiger charge is -2.27.